The van der Waals surface area contributed by atoms with Crippen molar-refractivity contribution < 1.29 is 26.4 Å². The minimum Gasteiger partial charge on any atom is -0.343 e. The van der Waals surface area contributed by atoms with Gasteiger partial charge in [-0.1, -0.05) is 0 Å². The Bertz CT molecular complexity index is 645. The van der Waals surface area contributed by atoms with Gasteiger partial charge in [-0.05, 0) is 31.2 Å². The first-order valence-corrected chi connectivity index (χ1v) is 8.06. The first-order chi connectivity index (χ1) is 10.5. The maximum absolute atomic E-state index is 12.3. The molecular formula is C13H18F3N3O3S. The lowest BCUT2D eigenvalue weighted by atomic mass is 10.2. The molecule has 0 saturated carbocycles. The van der Waals surface area contributed by atoms with Crippen LogP contribution in [0.4, 0.5) is 13.2 Å². The third kappa shape index (κ3) is 5.19. The van der Waals surface area contributed by atoms with E-state index in [4.69, 9.17) is 5.73 Å². The quantitative estimate of drug-likeness (QED) is 0.796. The zero-order valence-corrected chi connectivity index (χ0v) is 13.4. The summed E-state index contributed by atoms with van der Waals surface area (Å²) in [6, 6.07) is 4.21. The zero-order valence-electron chi connectivity index (χ0n) is 12.6. The van der Waals surface area contributed by atoms with E-state index in [0.717, 1.165) is 28.6 Å². The van der Waals surface area contributed by atoms with Crippen LogP contribution >= 0.6 is 0 Å². The number of halogens is 3. The third-order valence-corrected chi connectivity index (χ3v) is 5.19. The number of carbonyl (C=O) groups excluding carboxylic acids is 1. The van der Waals surface area contributed by atoms with E-state index < -0.39 is 34.7 Å². The molecule has 130 valence electrons. The molecule has 1 rings (SSSR count). The number of nitrogens with two attached hydrogens (primary N) is 1. The van der Waals surface area contributed by atoms with E-state index in [9.17, 15) is 26.4 Å². The molecule has 1 amide bonds. The maximum Gasteiger partial charge on any atom is 0.405 e. The molecule has 0 aliphatic rings. The van der Waals surface area contributed by atoms with Gasteiger partial charge in [-0.15, -0.1) is 0 Å². The lowest BCUT2D eigenvalue weighted by Gasteiger charge is -2.23. The van der Waals surface area contributed by atoms with E-state index in [1.807, 2.05) is 0 Å². The Labute approximate surface area is 132 Å². The Morgan fingerprint density at radius 1 is 1.30 bits per heavy atom. The molecule has 0 fully saturated rings. The topological polar surface area (TPSA) is 92.5 Å². The smallest absolute Gasteiger partial charge is 0.343 e. The molecule has 0 aliphatic carbocycles. The molecule has 0 radical (unpaired) electrons. The average Bonchev–Trinajstić information content (AvgIpc) is 2.50. The highest BCUT2D eigenvalue weighted by Crippen LogP contribution is 2.17. The zero-order chi connectivity index (χ0) is 17.8. The summed E-state index contributed by atoms with van der Waals surface area (Å²) in [4.78, 5) is 11.5. The Morgan fingerprint density at radius 3 is 2.26 bits per heavy atom. The number of hydrogen-bond donors (Lipinski definition) is 2. The predicted molar refractivity (Wildman–Crippen MR) is 78.3 cm³/mol. The van der Waals surface area contributed by atoms with Gasteiger partial charge < -0.3 is 11.1 Å². The van der Waals surface area contributed by atoms with Crippen LogP contribution in [-0.4, -0.2) is 51.0 Å². The summed E-state index contributed by atoms with van der Waals surface area (Å²) in [5, 5.41) is 1.71. The van der Waals surface area contributed by atoms with E-state index in [-0.39, 0.29) is 17.0 Å². The van der Waals surface area contributed by atoms with Crippen molar-refractivity contribution in [1.82, 2.24) is 9.62 Å². The highest BCUT2D eigenvalue weighted by Gasteiger charge is 2.28. The van der Waals surface area contributed by atoms with Crippen LogP contribution in [0.15, 0.2) is 29.2 Å². The number of alkyl halides is 3. The second-order valence-corrected chi connectivity index (χ2v) is 6.93. The van der Waals surface area contributed by atoms with Crippen molar-refractivity contribution in [3.63, 3.8) is 0 Å². The van der Waals surface area contributed by atoms with Crippen LogP contribution in [0, 0.1) is 0 Å². The van der Waals surface area contributed by atoms with Crippen LogP contribution < -0.4 is 11.1 Å². The van der Waals surface area contributed by atoms with Crippen LogP contribution in [0.3, 0.4) is 0 Å². The van der Waals surface area contributed by atoms with Crippen molar-refractivity contribution in [3.8, 4) is 0 Å². The molecule has 1 aromatic carbocycles. The van der Waals surface area contributed by atoms with Gasteiger partial charge >= 0.3 is 6.18 Å². The van der Waals surface area contributed by atoms with Gasteiger partial charge in [-0.25, -0.2) is 8.42 Å². The van der Waals surface area contributed by atoms with Gasteiger partial charge in [0, 0.05) is 25.2 Å². The molecular weight excluding hydrogens is 335 g/mol. The summed E-state index contributed by atoms with van der Waals surface area (Å²) in [5.74, 6) is -0.935. The number of carbonyl (C=O) groups is 1. The van der Waals surface area contributed by atoms with Gasteiger partial charge in [0.15, 0.2) is 0 Å². The summed E-state index contributed by atoms with van der Waals surface area (Å²) in [6.07, 6.45) is -4.51. The standard InChI is InChI=1S/C13H18F3N3O3S/c1-9(7-17)19(2)23(21,22)11-5-3-10(4-6-11)12(20)18-8-13(14,15)16/h3-6,9H,7-8,17H2,1-2H3,(H,18,20). The van der Waals surface area contributed by atoms with Crippen molar-refractivity contribution in [3.05, 3.63) is 29.8 Å². The molecule has 23 heavy (non-hydrogen) atoms. The molecule has 1 aromatic rings. The fraction of sp³-hybridized carbons (Fsp3) is 0.462. The summed E-state index contributed by atoms with van der Waals surface area (Å²) < 4.78 is 61.8. The van der Waals surface area contributed by atoms with Crippen molar-refractivity contribution in [2.24, 2.45) is 5.73 Å². The number of rotatable bonds is 6. The molecule has 0 saturated heterocycles. The van der Waals surface area contributed by atoms with E-state index >= 15 is 0 Å². The molecule has 1 unspecified atom stereocenters. The van der Waals surface area contributed by atoms with Crippen molar-refractivity contribution in [2.45, 2.75) is 24.0 Å². The summed E-state index contributed by atoms with van der Waals surface area (Å²) in [6.45, 7) is 0.312. The van der Waals surface area contributed by atoms with Crippen LogP contribution in [0.25, 0.3) is 0 Å². The monoisotopic (exact) mass is 353 g/mol. The minimum atomic E-state index is -4.51. The van der Waals surface area contributed by atoms with E-state index in [1.165, 1.54) is 7.05 Å². The fourth-order valence-electron chi connectivity index (χ4n) is 1.61. The molecule has 0 bridgehead atoms. The Morgan fingerprint density at radius 2 is 1.83 bits per heavy atom. The highest BCUT2D eigenvalue weighted by molar-refractivity contribution is 7.89. The average molecular weight is 353 g/mol. The summed E-state index contributed by atoms with van der Waals surface area (Å²) in [7, 11) is -2.41. The SMILES string of the molecule is CC(CN)N(C)S(=O)(=O)c1ccc(C(=O)NCC(F)(F)F)cc1. The van der Waals surface area contributed by atoms with Crippen LogP contribution in [0.1, 0.15) is 17.3 Å². The van der Waals surface area contributed by atoms with Crippen LogP contribution in [-0.2, 0) is 10.0 Å². The van der Waals surface area contributed by atoms with Crippen molar-refractivity contribution in [1.29, 1.82) is 0 Å². The second-order valence-electron chi connectivity index (χ2n) is 4.93. The molecule has 0 aliphatic heterocycles. The van der Waals surface area contributed by atoms with Crippen molar-refractivity contribution >= 4 is 15.9 Å². The van der Waals surface area contributed by atoms with Gasteiger partial charge in [0.1, 0.15) is 6.54 Å². The molecule has 6 nitrogen and oxygen atoms in total. The van der Waals surface area contributed by atoms with Gasteiger partial charge in [-0.3, -0.25) is 4.79 Å². The number of sulfonamides is 1. The number of benzene rings is 1. The van der Waals surface area contributed by atoms with E-state index in [1.54, 1.807) is 12.2 Å². The maximum atomic E-state index is 12.3. The van der Waals surface area contributed by atoms with Crippen molar-refractivity contribution in [2.75, 3.05) is 20.1 Å². The largest absolute Gasteiger partial charge is 0.405 e. The van der Waals surface area contributed by atoms with E-state index in [2.05, 4.69) is 0 Å². The highest BCUT2D eigenvalue weighted by atomic mass is 32.2. The number of hydrogen-bond acceptors (Lipinski definition) is 4. The fourth-order valence-corrected chi connectivity index (χ4v) is 2.98. The molecule has 10 heteroatoms. The third-order valence-electron chi connectivity index (χ3n) is 3.20. The predicted octanol–water partition coefficient (Wildman–Crippen LogP) is 0.946. The lowest BCUT2D eigenvalue weighted by molar-refractivity contribution is -0.123. The lowest BCUT2D eigenvalue weighted by Crippen LogP contribution is -2.39. The first-order valence-electron chi connectivity index (χ1n) is 6.62. The number of likely N-dealkylation sites (N-methyl/N-ethyl adjacent to an activating group) is 1. The van der Waals surface area contributed by atoms with Gasteiger partial charge in [0.05, 0.1) is 4.90 Å². The summed E-state index contributed by atoms with van der Waals surface area (Å²) in [5.41, 5.74) is 5.36. The molecule has 3 N–H and O–H groups in total. The number of nitrogens with zero attached hydrogens (tertiary/aromatic N) is 1. The second kappa shape index (κ2) is 7.28. The van der Waals surface area contributed by atoms with Crippen LogP contribution in [0.5, 0.6) is 0 Å². The molecule has 0 aromatic heterocycles. The summed E-state index contributed by atoms with van der Waals surface area (Å²) >= 11 is 0. The van der Waals surface area contributed by atoms with Crippen LogP contribution in [0.2, 0.25) is 0 Å². The van der Waals surface area contributed by atoms with E-state index in [0.29, 0.717) is 0 Å². The Kier molecular flexibility index (Phi) is 6.14. The number of amides is 1. The Hall–Kier alpha value is -1.65. The number of nitrogens with one attached hydrogen (secondary N) is 1. The van der Waals surface area contributed by atoms with Gasteiger partial charge in [-0.2, -0.15) is 17.5 Å². The normalized spacial score (nSPS) is 13.9. The van der Waals surface area contributed by atoms with Gasteiger partial charge in [0.25, 0.3) is 5.91 Å². The minimum absolute atomic E-state index is 0.0669. The first kappa shape index (κ1) is 19.4. The molecule has 0 heterocycles. The molecule has 0 spiro atoms. The molecule has 1 atom stereocenters. The van der Waals surface area contributed by atoms with Gasteiger partial charge in [0.2, 0.25) is 10.0 Å². The Balaban J connectivity index is 2.90.